The summed E-state index contributed by atoms with van der Waals surface area (Å²) in [6.45, 7) is 1.95. The average Bonchev–Trinajstić information content (AvgIpc) is 2.26. The molecule has 4 nitrogen and oxygen atoms in total. The average molecular weight is 228 g/mol. The van der Waals surface area contributed by atoms with Crippen molar-refractivity contribution in [3.05, 3.63) is 12.2 Å². The number of hydrogen-bond acceptors (Lipinski definition) is 4. The first-order chi connectivity index (χ1) is 7.65. The second kappa shape index (κ2) is 6.66. The molecule has 0 radical (unpaired) electrons. The number of ether oxygens (including phenoxy) is 1. The zero-order valence-corrected chi connectivity index (χ0v) is 9.63. The number of cyclic esters (lactones) is 1. The summed E-state index contributed by atoms with van der Waals surface area (Å²) in [5.74, 6) is -0.292. The van der Waals surface area contributed by atoms with Crippen LogP contribution in [0.3, 0.4) is 0 Å². The second-order valence-corrected chi connectivity index (χ2v) is 4.12. The number of aliphatic hydroxyl groups excluding tert-OH is 2. The minimum absolute atomic E-state index is 0.292. The van der Waals surface area contributed by atoms with Crippen LogP contribution in [0, 0.1) is 0 Å². The van der Waals surface area contributed by atoms with E-state index in [1.807, 2.05) is 6.92 Å². The molecule has 0 amide bonds. The number of aliphatic hydroxyl groups is 2. The fourth-order valence-electron chi connectivity index (χ4n) is 1.75. The summed E-state index contributed by atoms with van der Waals surface area (Å²) in [4.78, 5) is 11.4. The normalized spacial score (nSPS) is 34.2. The molecular formula is C12H20O4. The largest absolute Gasteiger partial charge is 0.459 e. The van der Waals surface area contributed by atoms with E-state index in [1.54, 1.807) is 12.2 Å². The van der Waals surface area contributed by atoms with Crippen molar-refractivity contribution < 1.29 is 19.7 Å². The molecule has 1 aliphatic heterocycles. The Bertz CT molecular complexity index is 249. The lowest BCUT2D eigenvalue weighted by molar-refractivity contribution is -0.159. The minimum Gasteiger partial charge on any atom is -0.459 e. The number of esters is 1. The molecule has 0 bridgehead atoms. The molecule has 0 aromatic heterocycles. The molecule has 0 saturated heterocycles. The Labute approximate surface area is 95.9 Å². The van der Waals surface area contributed by atoms with E-state index in [2.05, 4.69) is 0 Å². The van der Waals surface area contributed by atoms with Crippen molar-refractivity contribution in [1.29, 1.82) is 0 Å². The Morgan fingerprint density at radius 3 is 2.94 bits per heavy atom. The van der Waals surface area contributed by atoms with Gasteiger partial charge in [0.1, 0.15) is 18.3 Å². The maximum Gasteiger partial charge on any atom is 0.306 e. The van der Waals surface area contributed by atoms with Crippen LogP contribution in [0.25, 0.3) is 0 Å². The first-order valence-corrected chi connectivity index (χ1v) is 5.87. The van der Waals surface area contributed by atoms with E-state index in [4.69, 9.17) is 4.74 Å². The molecule has 16 heavy (non-hydrogen) atoms. The second-order valence-electron chi connectivity index (χ2n) is 4.12. The molecule has 0 saturated carbocycles. The third kappa shape index (κ3) is 3.94. The fourth-order valence-corrected chi connectivity index (χ4v) is 1.75. The fraction of sp³-hybridized carbons (Fsp3) is 0.750. The summed E-state index contributed by atoms with van der Waals surface area (Å²) < 4.78 is 5.17. The van der Waals surface area contributed by atoms with Gasteiger partial charge in [-0.1, -0.05) is 25.5 Å². The van der Waals surface area contributed by atoms with Crippen LogP contribution in [0.1, 0.15) is 39.0 Å². The summed E-state index contributed by atoms with van der Waals surface area (Å²) in [5, 5.41) is 19.5. The van der Waals surface area contributed by atoms with Gasteiger partial charge in [0.25, 0.3) is 0 Å². The highest BCUT2D eigenvalue weighted by atomic mass is 16.6. The highest BCUT2D eigenvalue weighted by Gasteiger charge is 2.27. The number of carbonyl (C=O) groups is 1. The van der Waals surface area contributed by atoms with Crippen LogP contribution in [0.4, 0.5) is 0 Å². The Morgan fingerprint density at radius 2 is 2.25 bits per heavy atom. The van der Waals surface area contributed by atoms with Gasteiger partial charge in [0, 0.05) is 6.42 Å². The van der Waals surface area contributed by atoms with E-state index >= 15 is 0 Å². The highest BCUT2D eigenvalue weighted by Crippen LogP contribution is 2.15. The van der Waals surface area contributed by atoms with Crippen molar-refractivity contribution in [2.75, 3.05) is 0 Å². The van der Waals surface area contributed by atoms with E-state index in [0.717, 1.165) is 19.3 Å². The van der Waals surface area contributed by atoms with Gasteiger partial charge >= 0.3 is 5.97 Å². The van der Waals surface area contributed by atoms with Gasteiger partial charge in [0.15, 0.2) is 0 Å². The van der Waals surface area contributed by atoms with Crippen LogP contribution in [0.15, 0.2) is 12.2 Å². The molecule has 0 aromatic rings. The van der Waals surface area contributed by atoms with Crippen molar-refractivity contribution in [2.24, 2.45) is 0 Å². The van der Waals surface area contributed by atoms with Crippen molar-refractivity contribution >= 4 is 5.97 Å². The summed E-state index contributed by atoms with van der Waals surface area (Å²) in [6.07, 6.45) is 3.96. The molecule has 0 fully saturated rings. The zero-order valence-electron chi connectivity index (χ0n) is 9.63. The molecule has 1 aliphatic rings. The SMILES string of the molecule is CCCC1OC(=O)CCC/C=C/[C@H](O)[C@@H]1O. The maximum atomic E-state index is 11.4. The number of allylic oxidation sites excluding steroid dienone is 1. The zero-order chi connectivity index (χ0) is 12.0. The Balaban J connectivity index is 2.72. The number of hydrogen-bond donors (Lipinski definition) is 2. The summed E-state index contributed by atoms with van der Waals surface area (Å²) in [5.41, 5.74) is 0. The van der Waals surface area contributed by atoms with Gasteiger partial charge in [-0.2, -0.15) is 0 Å². The minimum atomic E-state index is -1.03. The van der Waals surface area contributed by atoms with Crippen LogP contribution in [-0.2, 0) is 9.53 Å². The predicted molar refractivity (Wildman–Crippen MR) is 59.8 cm³/mol. The lowest BCUT2D eigenvalue weighted by Crippen LogP contribution is -2.39. The van der Waals surface area contributed by atoms with E-state index in [-0.39, 0.29) is 5.97 Å². The van der Waals surface area contributed by atoms with E-state index < -0.39 is 18.3 Å². The highest BCUT2D eigenvalue weighted by molar-refractivity contribution is 5.69. The molecule has 1 unspecified atom stereocenters. The third-order valence-electron chi connectivity index (χ3n) is 2.67. The monoisotopic (exact) mass is 228 g/mol. The molecule has 4 heteroatoms. The van der Waals surface area contributed by atoms with Gasteiger partial charge in [0.05, 0.1) is 0 Å². The number of rotatable bonds is 2. The summed E-state index contributed by atoms with van der Waals surface area (Å²) in [7, 11) is 0. The van der Waals surface area contributed by atoms with Gasteiger partial charge in [-0.15, -0.1) is 0 Å². The number of carbonyl (C=O) groups excluding carboxylic acids is 1. The van der Waals surface area contributed by atoms with Gasteiger partial charge in [-0.05, 0) is 19.3 Å². The summed E-state index contributed by atoms with van der Waals surface area (Å²) >= 11 is 0. The molecule has 3 atom stereocenters. The van der Waals surface area contributed by atoms with Crippen LogP contribution in [-0.4, -0.2) is 34.5 Å². The van der Waals surface area contributed by atoms with Crippen molar-refractivity contribution in [1.82, 2.24) is 0 Å². The van der Waals surface area contributed by atoms with E-state index in [1.165, 1.54) is 0 Å². The third-order valence-corrected chi connectivity index (χ3v) is 2.67. The summed E-state index contributed by atoms with van der Waals surface area (Å²) in [6, 6.07) is 0. The van der Waals surface area contributed by atoms with Crippen molar-refractivity contribution in [3.8, 4) is 0 Å². The predicted octanol–water partition coefficient (Wildman–Crippen LogP) is 1.16. The molecular weight excluding hydrogens is 208 g/mol. The topological polar surface area (TPSA) is 66.8 Å². The lowest BCUT2D eigenvalue weighted by Gasteiger charge is -2.25. The quantitative estimate of drug-likeness (QED) is 0.550. The van der Waals surface area contributed by atoms with E-state index in [0.29, 0.717) is 12.8 Å². The Hall–Kier alpha value is -0.870. The molecule has 0 aliphatic carbocycles. The van der Waals surface area contributed by atoms with Gasteiger partial charge in [-0.3, -0.25) is 4.79 Å². The first kappa shape index (κ1) is 13.2. The molecule has 1 rings (SSSR count). The van der Waals surface area contributed by atoms with Gasteiger partial charge in [0.2, 0.25) is 0 Å². The van der Waals surface area contributed by atoms with Gasteiger partial charge in [-0.25, -0.2) is 0 Å². The molecule has 1 heterocycles. The van der Waals surface area contributed by atoms with Crippen LogP contribution >= 0.6 is 0 Å². The van der Waals surface area contributed by atoms with E-state index in [9.17, 15) is 15.0 Å². The van der Waals surface area contributed by atoms with Crippen LogP contribution in [0.5, 0.6) is 0 Å². The molecule has 0 aromatic carbocycles. The standard InChI is InChI=1S/C12H20O4/c1-2-6-10-12(15)9(13)7-4-3-5-8-11(14)16-10/h4,7,9-10,12-13,15H,2-3,5-6,8H2,1H3/b7-4+/t9-,10?,12-/m0/s1. The maximum absolute atomic E-state index is 11.4. The van der Waals surface area contributed by atoms with Crippen LogP contribution in [0.2, 0.25) is 0 Å². The first-order valence-electron chi connectivity index (χ1n) is 5.87. The molecule has 0 spiro atoms. The smallest absolute Gasteiger partial charge is 0.306 e. The van der Waals surface area contributed by atoms with Gasteiger partial charge < -0.3 is 14.9 Å². The van der Waals surface area contributed by atoms with Crippen LogP contribution < -0.4 is 0 Å². The molecule has 92 valence electrons. The Morgan fingerprint density at radius 1 is 1.50 bits per heavy atom. The Kier molecular flexibility index (Phi) is 5.49. The lowest BCUT2D eigenvalue weighted by atomic mass is 10.0. The van der Waals surface area contributed by atoms with Crippen molar-refractivity contribution in [2.45, 2.75) is 57.3 Å². The van der Waals surface area contributed by atoms with Crippen molar-refractivity contribution in [3.63, 3.8) is 0 Å². The molecule has 2 N–H and O–H groups in total.